The second-order valence-electron chi connectivity index (χ2n) is 0.319. The topological polar surface area (TPSA) is 101 Å². The average molecular weight is 161 g/mol. The van der Waals surface area contributed by atoms with E-state index in [0.29, 0.717) is 0 Å². The van der Waals surface area contributed by atoms with Gasteiger partial charge in [-0.05, 0) is 0 Å². The minimum Gasteiger partial charge on any atom is -0.750 e. The van der Waals surface area contributed by atoms with E-state index < -0.39 is 11.4 Å². The van der Waals surface area contributed by atoms with Crippen molar-refractivity contribution in [2.75, 3.05) is 0 Å². The molecular weight excluding hydrogens is 158 g/mol. The number of carbonyl (C=O) groups excluding carboxylic acids is 1. The molecule has 0 saturated heterocycles. The number of isocyanates is 1. The van der Waals surface area contributed by atoms with Gasteiger partial charge in [-0.2, -0.15) is 0 Å². The van der Waals surface area contributed by atoms with Crippen LogP contribution >= 0.6 is 12.4 Å². The summed E-state index contributed by atoms with van der Waals surface area (Å²) in [4.78, 5) is 8.35. The van der Waals surface area contributed by atoms with Gasteiger partial charge in [-0.1, -0.05) is 0 Å². The molecule has 0 aliphatic heterocycles. The second-order valence-corrected chi connectivity index (χ2v) is 0.753. The highest BCUT2D eigenvalue weighted by atomic mass is 35.5. The lowest BCUT2D eigenvalue weighted by molar-refractivity contribution is 0.436. The van der Waals surface area contributed by atoms with Crippen molar-refractivity contribution in [3.05, 3.63) is 0 Å². The maximum Gasteiger partial charge on any atom is 0.231 e. The highest BCUT2D eigenvalue weighted by Gasteiger charge is 1.42. The molecular formula is CH3ClNO4S-. The minimum absolute atomic E-state index is 0. The fourth-order valence-corrected chi connectivity index (χ4v) is 0. The van der Waals surface area contributed by atoms with Gasteiger partial charge >= 0.3 is 0 Å². The zero-order valence-electron chi connectivity index (χ0n) is 3.49. The summed E-state index contributed by atoms with van der Waals surface area (Å²) in [6.45, 7) is 0. The highest BCUT2D eigenvalue weighted by Crippen LogP contribution is 1.43. The van der Waals surface area contributed by atoms with E-state index in [1.54, 1.807) is 0 Å². The maximum atomic E-state index is 8.56. The Hall–Kier alpha value is -0.260. The Bertz CT molecular complexity index is 84.0. The summed E-state index contributed by atoms with van der Waals surface area (Å²) in [5.74, 6) is 0. The van der Waals surface area contributed by atoms with E-state index in [4.69, 9.17) is 23.5 Å². The molecule has 0 radical (unpaired) electrons. The van der Waals surface area contributed by atoms with Crippen LogP contribution in [0, 0.1) is 5.41 Å². The van der Waals surface area contributed by atoms with Gasteiger partial charge in [-0.3, -0.25) is 0 Å². The Morgan fingerprint density at radius 2 is 1.75 bits per heavy atom. The summed E-state index contributed by atoms with van der Waals surface area (Å²) in [6, 6.07) is 0. The normalized spacial score (nSPS) is 8.75. The van der Waals surface area contributed by atoms with Crippen molar-refractivity contribution < 1.29 is 18.1 Å². The Labute approximate surface area is 54.1 Å². The van der Waals surface area contributed by atoms with E-state index in [-0.39, 0.29) is 12.4 Å². The van der Waals surface area contributed by atoms with E-state index in [0.717, 1.165) is 6.08 Å². The van der Waals surface area contributed by atoms with Crippen molar-refractivity contribution in [2.45, 2.75) is 0 Å². The molecule has 0 amide bonds. The molecule has 0 rings (SSSR count). The lowest BCUT2D eigenvalue weighted by Crippen LogP contribution is -1.75. The van der Waals surface area contributed by atoms with Crippen LogP contribution in [-0.2, 0) is 16.2 Å². The molecule has 1 atom stereocenters. The predicted octanol–water partition coefficient (Wildman–Crippen LogP) is -0.339. The summed E-state index contributed by atoms with van der Waals surface area (Å²) in [6.07, 6.45) is 0.750. The van der Waals surface area contributed by atoms with Crippen LogP contribution in [0.25, 0.3) is 0 Å². The molecule has 0 fully saturated rings. The third-order valence-corrected chi connectivity index (χ3v) is 0. The van der Waals surface area contributed by atoms with Gasteiger partial charge in [0.25, 0.3) is 0 Å². The van der Waals surface area contributed by atoms with Crippen LogP contribution in [0.2, 0.25) is 0 Å². The zero-order valence-corrected chi connectivity index (χ0v) is 5.12. The van der Waals surface area contributed by atoms with Gasteiger partial charge in [-0.25, -0.2) is 14.4 Å². The lowest BCUT2D eigenvalue weighted by Gasteiger charge is -1.83. The summed E-state index contributed by atoms with van der Waals surface area (Å²) >= 11 is -2.86. The van der Waals surface area contributed by atoms with Crippen LogP contribution in [0.1, 0.15) is 0 Å². The van der Waals surface area contributed by atoms with Crippen molar-refractivity contribution in [1.29, 1.82) is 5.41 Å². The smallest absolute Gasteiger partial charge is 0.231 e. The standard InChI is InChI=1S/CHNO.ClH.H2O3S/c2-1-3;;1-4(2)3/h2H;1H;(H2,1,2,3)/p-1. The molecule has 8 heavy (non-hydrogen) atoms. The number of halogens is 1. The Morgan fingerprint density at radius 1 is 1.75 bits per heavy atom. The van der Waals surface area contributed by atoms with Crippen molar-refractivity contribution in [1.82, 2.24) is 0 Å². The van der Waals surface area contributed by atoms with Gasteiger partial charge < -0.3 is 9.11 Å². The first kappa shape index (κ1) is 15.6. The van der Waals surface area contributed by atoms with Crippen LogP contribution in [0.5, 0.6) is 0 Å². The zero-order chi connectivity index (χ0) is 6.28. The van der Waals surface area contributed by atoms with Gasteiger partial charge in [0.05, 0.1) is 11.4 Å². The molecule has 0 heterocycles. The Kier molecular flexibility index (Phi) is 31.1. The summed E-state index contributed by atoms with van der Waals surface area (Å²) in [5, 5.41) is 5.40. The molecule has 0 aromatic carbocycles. The highest BCUT2D eigenvalue weighted by molar-refractivity contribution is 7.73. The van der Waals surface area contributed by atoms with Gasteiger partial charge in [0.2, 0.25) is 6.08 Å². The number of nitrogens with one attached hydrogen (secondary N) is 1. The van der Waals surface area contributed by atoms with Gasteiger partial charge in [0, 0.05) is 0 Å². The second kappa shape index (κ2) is 15.9. The molecule has 1 unspecified atom stereocenters. The fourth-order valence-electron chi connectivity index (χ4n) is 0. The van der Waals surface area contributed by atoms with Crippen LogP contribution in [0.15, 0.2) is 0 Å². The third-order valence-electron chi connectivity index (χ3n) is 0. The molecule has 50 valence electrons. The lowest BCUT2D eigenvalue weighted by atomic mass is 11.7. The van der Waals surface area contributed by atoms with Crippen LogP contribution in [0.4, 0.5) is 0 Å². The van der Waals surface area contributed by atoms with E-state index in [2.05, 4.69) is 0 Å². The first-order valence-electron chi connectivity index (χ1n) is 0.970. The van der Waals surface area contributed by atoms with Gasteiger partial charge in [0.1, 0.15) is 0 Å². The molecule has 0 saturated carbocycles. The van der Waals surface area contributed by atoms with E-state index in [1.807, 2.05) is 0 Å². The number of rotatable bonds is 0. The summed E-state index contributed by atoms with van der Waals surface area (Å²) < 4.78 is 24.1. The Balaban J connectivity index is -0.0000000575. The number of hydrogen-bond donors (Lipinski definition) is 2. The van der Waals surface area contributed by atoms with Crippen molar-refractivity contribution in [3.8, 4) is 0 Å². The quantitative estimate of drug-likeness (QED) is 0.288. The SMILES string of the molecule is Cl.N=C=O.O=S([O-])O. The van der Waals surface area contributed by atoms with Crippen molar-refractivity contribution in [3.63, 3.8) is 0 Å². The molecule has 0 bridgehead atoms. The molecule has 5 nitrogen and oxygen atoms in total. The van der Waals surface area contributed by atoms with Crippen molar-refractivity contribution >= 4 is 29.8 Å². The largest absolute Gasteiger partial charge is 0.750 e. The predicted molar refractivity (Wildman–Crippen MR) is 27.2 cm³/mol. The van der Waals surface area contributed by atoms with E-state index in [9.17, 15) is 0 Å². The van der Waals surface area contributed by atoms with Crippen LogP contribution in [0.3, 0.4) is 0 Å². The van der Waals surface area contributed by atoms with E-state index >= 15 is 0 Å². The van der Waals surface area contributed by atoms with E-state index in [1.165, 1.54) is 0 Å². The minimum atomic E-state index is -2.86. The molecule has 0 aliphatic rings. The first-order valence-corrected chi connectivity index (χ1v) is 2.00. The van der Waals surface area contributed by atoms with Crippen LogP contribution in [-0.4, -0.2) is 19.4 Å². The maximum absolute atomic E-state index is 8.56. The molecule has 0 aliphatic carbocycles. The summed E-state index contributed by atoms with van der Waals surface area (Å²) in [5.41, 5.74) is 0. The van der Waals surface area contributed by atoms with Gasteiger partial charge in [-0.15, -0.1) is 12.4 Å². The summed E-state index contributed by atoms with van der Waals surface area (Å²) in [7, 11) is 0. The monoisotopic (exact) mass is 160 g/mol. The molecule has 0 aromatic heterocycles. The first-order chi connectivity index (χ1) is 3.15. The fraction of sp³-hybridized carbons (Fsp3) is 0. The Morgan fingerprint density at radius 3 is 1.75 bits per heavy atom. The third kappa shape index (κ3) is 1910. The molecule has 0 aromatic rings. The van der Waals surface area contributed by atoms with Gasteiger partial charge in [0.15, 0.2) is 0 Å². The van der Waals surface area contributed by atoms with Crippen LogP contribution < -0.4 is 0 Å². The molecule has 2 N–H and O–H groups in total. The van der Waals surface area contributed by atoms with Crippen molar-refractivity contribution in [2.24, 2.45) is 0 Å². The molecule has 7 heteroatoms. The average Bonchev–Trinajstić information content (AvgIpc) is 1.33. The number of hydrogen-bond acceptors (Lipinski definition) is 4. The molecule has 0 spiro atoms.